The maximum absolute atomic E-state index is 12.7. The van der Waals surface area contributed by atoms with Crippen LogP contribution in [0.2, 0.25) is 0 Å². The van der Waals surface area contributed by atoms with E-state index >= 15 is 0 Å². The van der Waals surface area contributed by atoms with Crippen LogP contribution in [0.15, 0.2) is 0 Å². The molecule has 298 valence electrons. The summed E-state index contributed by atoms with van der Waals surface area (Å²) in [6, 6.07) is 0. The second kappa shape index (κ2) is 30.6. The Balaban J connectivity index is 2.50. The fourth-order valence-electron chi connectivity index (χ4n) is 6.20. The molecule has 0 radical (unpaired) electrons. The first kappa shape index (κ1) is 47.1. The second-order valence-corrected chi connectivity index (χ2v) is 14.9. The third-order valence-corrected chi connectivity index (χ3v) is 9.69. The van der Waals surface area contributed by atoms with E-state index in [1.54, 1.807) is 0 Å². The number of hydrogen-bond donors (Lipinski definition) is 4. The fourth-order valence-corrected chi connectivity index (χ4v) is 6.71. The molecule has 0 aromatic rings. The van der Waals surface area contributed by atoms with Crippen LogP contribution in [0.5, 0.6) is 0 Å². The van der Waals surface area contributed by atoms with Crippen LogP contribution in [0, 0.1) is 0 Å². The molecule has 0 aromatic heterocycles. The number of carbonyl (C=O) groups excluding carboxylic acids is 1. The summed E-state index contributed by atoms with van der Waals surface area (Å²) in [5.74, 6) is -0.398. The average molecular weight is 741 g/mol. The molecule has 0 aliphatic carbocycles. The highest BCUT2D eigenvalue weighted by Crippen LogP contribution is 2.26. The molecule has 1 heterocycles. The average Bonchev–Trinajstić information content (AvgIpc) is 3.08. The lowest BCUT2D eigenvalue weighted by molar-refractivity contribution is -0.301. The zero-order chi connectivity index (χ0) is 36.9. The summed E-state index contributed by atoms with van der Waals surface area (Å²) in [4.78, 5) is 12.7. The monoisotopic (exact) mass is 740 g/mol. The number of ether oxygens (including phenoxy) is 4. The first-order chi connectivity index (χ1) is 24.1. The highest BCUT2D eigenvalue weighted by atomic mass is 32.3. The first-order valence-electron chi connectivity index (χ1n) is 19.8. The third-order valence-electron chi connectivity index (χ3n) is 9.23. The van der Waals surface area contributed by atoms with Gasteiger partial charge < -0.3 is 34.3 Å². The summed E-state index contributed by atoms with van der Waals surface area (Å²) < 4.78 is 58.7. The lowest BCUT2D eigenvalue weighted by atomic mass is 9.99. The zero-order valence-electron chi connectivity index (χ0n) is 31.2. The summed E-state index contributed by atoms with van der Waals surface area (Å²) in [5.41, 5.74) is 0. The molecular formula is C37H72O12S. The van der Waals surface area contributed by atoms with E-state index < -0.39 is 59.8 Å². The van der Waals surface area contributed by atoms with Crippen molar-refractivity contribution in [1.82, 2.24) is 0 Å². The van der Waals surface area contributed by atoms with Crippen molar-refractivity contribution >= 4 is 16.4 Å². The Morgan fingerprint density at radius 1 is 0.680 bits per heavy atom. The van der Waals surface area contributed by atoms with Gasteiger partial charge in [-0.1, -0.05) is 149 Å². The normalized spacial score (nSPS) is 21.8. The summed E-state index contributed by atoms with van der Waals surface area (Å²) >= 11 is 0. The number of esters is 1. The van der Waals surface area contributed by atoms with Crippen LogP contribution in [-0.4, -0.2) is 97.5 Å². The topological polar surface area (TPSA) is 178 Å². The molecule has 1 aliphatic rings. The number of aliphatic hydroxyl groups excluding tert-OH is 3. The van der Waals surface area contributed by atoms with E-state index in [-0.39, 0.29) is 19.6 Å². The summed E-state index contributed by atoms with van der Waals surface area (Å²) in [6.07, 6.45) is 18.6. The van der Waals surface area contributed by atoms with Crippen LogP contribution in [0.25, 0.3) is 0 Å². The van der Waals surface area contributed by atoms with Crippen LogP contribution in [0.4, 0.5) is 0 Å². The molecule has 0 aromatic carbocycles. The standard InChI is InChI=1S/C37H72O12S/c1-3-5-7-9-11-13-15-16-18-20-22-24-26-33(39)47-31(29-45-27-25-23-21-19-17-14-12-10-8-6-4-2)30-46-37-35(41)36(49-50(42,43)44)34(40)32(28-38)48-37/h31-32,34-38,40-41H,3-30H2,1-2H3,(H,42,43,44). The van der Waals surface area contributed by atoms with Crippen molar-refractivity contribution in [2.24, 2.45) is 0 Å². The molecule has 12 nitrogen and oxygen atoms in total. The molecule has 0 spiro atoms. The predicted octanol–water partition coefficient (Wildman–Crippen LogP) is 6.96. The van der Waals surface area contributed by atoms with Crippen LogP contribution >= 0.6 is 0 Å². The van der Waals surface area contributed by atoms with Gasteiger partial charge in [0.1, 0.15) is 30.5 Å². The maximum Gasteiger partial charge on any atom is 0.397 e. The quantitative estimate of drug-likeness (QED) is 0.0303. The van der Waals surface area contributed by atoms with Crippen molar-refractivity contribution in [2.75, 3.05) is 26.4 Å². The Kier molecular flexibility index (Phi) is 28.8. The summed E-state index contributed by atoms with van der Waals surface area (Å²) in [5, 5.41) is 30.5. The number of carbonyl (C=O) groups is 1. The number of rotatable bonds is 34. The van der Waals surface area contributed by atoms with Crippen molar-refractivity contribution in [2.45, 2.75) is 205 Å². The third kappa shape index (κ3) is 24.4. The van der Waals surface area contributed by atoms with Crippen molar-refractivity contribution in [3.8, 4) is 0 Å². The Labute approximate surface area is 303 Å². The van der Waals surface area contributed by atoms with Crippen molar-refractivity contribution in [1.29, 1.82) is 0 Å². The number of unbranched alkanes of at least 4 members (excludes halogenated alkanes) is 21. The summed E-state index contributed by atoms with van der Waals surface area (Å²) in [6.45, 7) is 3.98. The lowest BCUT2D eigenvalue weighted by Gasteiger charge is -2.41. The van der Waals surface area contributed by atoms with Gasteiger partial charge >= 0.3 is 16.4 Å². The minimum absolute atomic E-state index is 0.0434. The van der Waals surface area contributed by atoms with Gasteiger partial charge in [0.15, 0.2) is 6.29 Å². The molecule has 6 atom stereocenters. The molecule has 1 fully saturated rings. The second-order valence-electron chi connectivity index (χ2n) is 13.9. The Morgan fingerprint density at radius 2 is 1.14 bits per heavy atom. The molecule has 1 rings (SSSR count). The molecule has 6 unspecified atom stereocenters. The zero-order valence-corrected chi connectivity index (χ0v) is 32.0. The van der Waals surface area contributed by atoms with E-state index in [2.05, 4.69) is 18.0 Å². The SMILES string of the molecule is CCCCCCCCCCCCCCC(=O)OC(COCCCCCCCCCCCCC)COC1OC(CO)C(O)C(OS(=O)(=O)O)C1O. The van der Waals surface area contributed by atoms with Crippen molar-refractivity contribution < 1.29 is 56.2 Å². The van der Waals surface area contributed by atoms with E-state index in [1.165, 1.54) is 103 Å². The highest BCUT2D eigenvalue weighted by molar-refractivity contribution is 7.80. The molecular weight excluding hydrogens is 668 g/mol. The largest absolute Gasteiger partial charge is 0.457 e. The number of hydrogen-bond acceptors (Lipinski definition) is 11. The van der Waals surface area contributed by atoms with Crippen molar-refractivity contribution in [3.63, 3.8) is 0 Å². The lowest BCUT2D eigenvalue weighted by Crippen LogP contribution is -2.60. The number of aliphatic hydroxyl groups is 3. The first-order valence-corrected chi connectivity index (χ1v) is 21.2. The maximum atomic E-state index is 12.7. The minimum Gasteiger partial charge on any atom is -0.457 e. The van der Waals surface area contributed by atoms with E-state index in [0.29, 0.717) is 13.0 Å². The molecule has 13 heteroatoms. The van der Waals surface area contributed by atoms with Gasteiger partial charge in [0, 0.05) is 13.0 Å². The van der Waals surface area contributed by atoms with Gasteiger partial charge in [-0.05, 0) is 12.8 Å². The van der Waals surface area contributed by atoms with E-state index in [4.69, 9.17) is 23.5 Å². The van der Waals surface area contributed by atoms with E-state index in [0.717, 1.165) is 38.5 Å². The van der Waals surface area contributed by atoms with E-state index in [1.807, 2.05) is 0 Å². The summed E-state index contributed by atoms with van der Waals surface area (Å²) in [7, 11) is -5.05. The Hall–Kier alpha value is -0.900. The minimum atomic E-state index is -5.05. The van der Waals surface area contributed by atoms with Gasteiger partial charge in [0.2, 0.25) is 0 Å². The van der Waals surface area contributed by atoms with Gasteiger partial charge in [0.05, 0.1) is 19.8 Å². The highest BCUT2D eigenvalue weighted by Gasteiger charge is 2.48. The smallest absolute Gasteiger partial charge is 0.397 e. The molecule has 1 saturated heterocycles. The molecule has 0 saturated carbocycles. The van der Waals surface area contributed by atoms with Crippen LogP contribution < -0.4 is 0 Å². The Bertz CT molecular complexity index is 905. The van der Waals surface area contributed by atoms with Crippen LogP contribution in [-0.2, 0) is 38.3 Å². The fraction of sp³-hybridized carbons (Fsp3) is 0.973. The molecule has 4 N–H and O–H groups in total. The predicted molar refractivity (Wildman–Crippen MR) is 193 cm³/mol. The molecule has 0 amide bonds. The van der Waals surface area contributed by atoms with Gasteiger partial charge in [-0.3, -0.25) is 9.35 Å². The van der Waals surface area contributed by atoms with Gasteiger partial charge in [0.25, 0.3) is 0 Å². The molecule has 50 heavy (non-hydrogen) atoms. The Morgan fingerprint density at radius 3 is 1.60 bits per heavy atom. The van der Waals surface area contributed by atoms with Gasteiger partial charge in [-0.2, -0.15) is 8.42 Å². The van der Waals surface area contributed by atoms with Gasteiger partial charge in [-0.15, -0.1) is 0 Å². The van der Waals surface area contributed by atoms with Crippen LogP contribution in [0.3, 0.4) is 0 Å². The van der Waals surface area contributed by atoms with Gasteiger partial charge in [-0.25, -0.2) is 4.18 Å². The molecule has 1 aliphatic heterocycles. The molecule has 0 bridgehead atoms. The van der Waals surface area contributed by atoms with Crippen molar-refractivity contribution in [3.05, 3.63) is 0 Å². The van der Waals surface area contributed by atoms with E-state index in [9.17, 15) is 28.5 Å². The van der Waals surface area contributed by atoms with Crippen LogP contribution in [0.1, 0.15) is 168 Å².